The first-order valence-corrected chi connectivity index (χ1v) is 10.8. The quantitative estimate of drug-likeness (QED) is 0.817. The number of rotatable bonds is 3. The Morgan fingerprint density at radius 3 is 2.48 bits per heavy atom. The van der Waals surface area contributed by atoms with Crippen LogP contribution in [0, 0.1) is 0 Å². The zero-order chi connectivity index (χ0) is 20.9. The largest absolute Gasteiger partial charge is 0.404 e. The molecule has 1 fully saturated rings. The van der Waals surface area contributed by atoms with Gasteiger partial charge in [0, 0.05) is 43.0 Å². The van der Waals surface area contributed by atoms with Crippen LogP contribution in [-0.2, 0) is 15.4 Å². The van der Waals surface area contributed by atoms with Gasteiger partial charge in [-0.2, -0.15) is 13.2 Å². The summed E-state index contributed by atoms with van der Waals surface area (Å²) in [5.41, 5.74) is 7.07. The number of pyridine rings is 1. The van der Waals surface area contributed by atoms with E-state index in [1.165, 1.54) is 0 Å². The van der Waals surface area contributed by atoms with E-state index >= 15 is 0 Å². The summed E-state index contributed by atoms with van der Waals surface area (Å²) in [7, 11) is -4.51. The van der Waals surface area contributed by atoms with E-state index < -0.39 is 27.4 Å². The molecular weight excluding hydrogens is 405 g/mol. The molecule has 0 atom stereocenters. The molecule has 1 saturated heterocycles. The highest BCUT2D eigenvalue weighted by molar-refractivity contribution is 7.92. The van der Waals surface area contributed by atoms with Gasteiger partial charge in [-0.3, -0.25) is 4.31 Å². The van der Waals surface area contributed by atoms with Crippen LogP contribution < -0.4 is 14.9 Å². The molecule has 2 N–H and O–H groups in total. The summed E-state index contributed by atoms with van der Waals surface area (Å²) in [6.45, 7) is 1.25. The van der Waals surface area contributed by atoms with E-state index in [0.717, 1.165) is 15.7 Å². The van der Waals surface area contributed by atoms with Crippen LogP contribution >= 0.6 is 0 Å². The molecule has 2 aliphatic rings. The number of alkyl halides is 3. The standard InChI is InChI=1S/C19H21F3N4O2S/c20-19(21,22)13-29(27,28)26-12-18(15-3-1-2-4-16(15)26)6-9-25(10-7-18)17-11-14(23)5-8-24-17/h1-5,8,11H,6-7,9-10,12-13H2,(H2,23,24). The summed E-state index contributed by atoms with van der Waals surface area (Å²) in [5, 5.41) is 0. The fraction of sp³-hybridized carbons (Fsp3) is 0.421. The van der Waals surface area contributed by atoms with Crippen LogP contribution in [0.15, 0.2) is 42.6 Å². The average molecular weight is 426 g/mol. The van der Waals surface area contributed by atoms with E-state index in [0.29, 0.717) is 37.3 Å². The number of nitrogens with zero attached hydrogens (tertiary/aromatic N) is 3. The molecule has 1 aromatic heterocycles. The Kier molecular flexibility index (Phi) is 4.64. The normalized spacial score (nSPS) is 18.9. The lowest BCUT2D eigenvalue weighted by Gasteiger charge is -2.40. The molecule has 6 nitrogen and oxygen atoms in total. The van der Waals surface area contributed by atoms with Crippen molar-refractivity contribution in [3.8, 4) is 0 Å². The fourth-order valence-electron chi connectivity index (χ4n) is 4.32. The third-order valence-corrected chi connectivity index (χ3v) is 7.38. The van der Waals surface area contributed by atoms with Gasteiger partial charge >= 0.3 is 6.18 Å². The number of anilines is 3. The topological polar surface area (TPSA) is 79.5 Å². The van der Waals surface area contributed by atoms with Gasteiger partial charge in [-0.1, -0.05) is 18.2 Å². The van der Waals surface area contributed by atoms with Crippen molar-refractivity contribution in [2.75, 3.05) is 40.3 Å². The molecule has 2 aliphatic heterocycles. The lowest BCUT2D eigenvalue weighted by atomic mass is 9.74. The van der Waals surface area contributed by atoms with E-state index in [1.807, 2.05) is 6.07 Å². The third kappa shape index (κ3) is 3.73. The van der Waals surface area contributed by atoms with Crippen LogP contribution in [0.5, 0.6) is 0 Å². The zero-order valence-corrected chi connectivity index (χ0v) is 16.4. The maximum Gasteiger partial charge on any atom is 0.404 e. The third-order valence-electron chi connectivity index (χ3n) is 5.69. The molecule has 1 aromatic carbocycles. The number of para-hydroxylation sites is 1. The number of nitrogen functional groups attached to an aromatic ring is 1. The van der Waals surface area contributed by atoms with Crippen molar-refractivity contribution in [2.24, 2.45) is 0 Å². The van der Waals surface area contributed by atoms with E-state index in [1.54, 1.807) is 36.5 Å². The van der Waals surface area contributed by atoms with Crippen molar-refractivity contribution in [1.82, 2.24) is 4.98 Å². The predicted octanol–water partition coefficient (Wildman–Crippen LogP) is 2.91. The number of halogens is 3. The Bertz CT molecular complexity index is 1020. The maximum atomic E-state index is 12.9. The molecule has 4 rings (SSSR count). The van der Waals surface area contributed by atoms with Crippen LogP contribution in [0.4, 0.5) is 30.4 Å². The fourth-order valence-corrected chi connectivity index (χ4v) is 5.79. The van der Waals surface area contributed by atoms with Gasteiger partial charge in [0.05, 0.1) is 5.69 Å². The number of sulfonamides is 1. The molecule has 156 valence electrons. The number of fused-ring (bicyclic) bond motifs is 2. The molecule has 0 radical (unpaired) electrons. The summed E-state index contributed by atoms with van der Waals surface area (Å²) >= 11 is 0. The smallest absolute Gasteiger partial charge is 0.399 e. The van der Waals surface area contributed by atoms with Crippen LogP contribution in [0.2, 0.25) is 0 Å². The Morgan fingerprint density at radius 1 is 1.14 bits per heavy atom. The zero-order valence-electron chi connectivity index (χ0n) is 15.6. The highest BCUT2D eigenvalue weighted by Crippen LogP contribution is 2.48. The Morgan fingerprint density at radius 2 is 1.83 bits per heavy atom. The number of aromatic nitrogens is 1. The second-order valence-electron chi connectivity index (χ2n) is 7.61. The monoisotopic (exact) mass is 426 g/mol. The summed E-state index contributed by atoms with van der Waals surface area (Å²) < 4.78 is 64.6. The molecule has 10 heteroatoms. The van der Waals surface area contributed by atoms with Crippen molar-refractivity contribution in [1.29, 1.82) is 0 Å². The van der Waals surface area contributed by atoms with Gasteiger partial charge in [0.15, 0.2) is 5.75 Å². The second-order valence-corrected chi connectivity index (χ2v) is 9.50. The predicted molar refractivity (Wildman–Crippen MR) is 105 cm³/mol. The molecule has 0 unspecified atom stereocenters. The van der Waals surface area contributed by atoms with E-state index in [-0.39, 0.29) is 6.54 Å². The van der Waals surface area contributed by atoms with Crippen LogP contribution in [-0.4, -0.2) is 45.0 Å². The van der Waals surface area contributed by atoms with E-state index in [9.17, 15) is 21.6 Å². The second kappa shape index (κ2) is 6.79. The molecule has 1 spiro atoms. The summed E-state index contributed by atoms with van der Waals surface area (Å²) in [6, 6.07) is 10.3. The first-order valence-electron chi connectivity index (χ1n) is 9.23. The minimum atomic E-state index is -4.79. The number of piperidine rings is 1. The van der Waals surface area contributed by atoms with Crippen molar-refractivity contribution < 1.29 is 21.6 Å². The van der Waals surface area contributed by atoms with Gasteiger partial charge in [-0.15, -0.1) is 0 Å². The lowest BCUT2D eigenvalue weighted by molar-refractivity contribution is -0.106. The van der Waals surface area contributed by atoms with Gasteiger partial charge in [-0.25, -0.2) is 13.4 Å². The van der Waals surface area contributed by atoms with Crippen molar-refractivity contribution in [3.05, 3.63) is 48.2 Å². The average Bonchev–Trinajstić information content (AvgIpc) is 2.96. The van der Waals surface area contributed by atoms with E-state index in [4.69, 9.17) is 5.73 Å². The summed E-state index contributed by atoms with van der Waals surface area (Å²) in [4.78, 5) is 6.40. The Balaban J connectivity index is 1.61. The summed E-state index contributed by atoms with van der Waals surface area (Å²) in [5.74, 6) is -1.11. The number of benzene rings is 1. The van der Waals surface area contributed by atoms with Crippen LogP contribution in [0.25, 0.3) is 0 Å². The Labute approximate surface area is 167 Å². The molecule has 0 bridgehead atoms. The minimum absolute atomic E-state index is 0.0307. The Hall–Kier alpha value is -2.49. The number of hydrogen-bond acceptors (Lipinski definition) is 5. The molecule has 3 heterocycles. The van der Waals surface area contributed by atoms with Crippen LogP contribution in [0.1, 0.15) is 18.4 Å². The number of nitrogens with two attached hydrogens (primary N) is 1. The first-order chi connectivity index (χ1) is 13.6. The minimum Gasteiger partial charge on any atom is -0.399 e. The van der Waals surface area contributed by atoms with Gasteiger partial charge in [0.1, 0.15) is 5.82 Å². The highest BCUT2D eigenvalue weighted by Gasteiger charge is 2.50. The highest BCUT2D eigenvalue weighted by atomic mass is 32.2. The van der Waals surface area contributed by atoms with E-state index in [2.05, 4.69) is 9.88 Å². The molecule has 29 heavy (non-hydrogen) atoms. The lowest BCUT2D eigenvalue weighted by Crippen LogP contribution is -2.47. The van der Waals surface area contributed by atoms with Gasteiger partial charge in [0.25, 0.3) is 0 Å². The molecule has 2 aromatic rings. The molecular formula is C19H21F3N4O2S. The maximum absolute atomic E-state index is 12.9. The summed E-state index contributed by atoms with van der Waals surface area (Å²) in [6.07, 6.45) is -1.94. The first kappa shape index (κ1) is 19.8. The molecule has 0 saturated carbocycles. The van der Waals surface area contributed by atoms with Gasteiger partial charge < -0.3 is 10.6 Å². The van der Waals surface area contributed by atoms with Gasteiger partial charge in [-0.05, 0) is 30.5 Å². The van der Waals surface area contributed by atoms with Gasteiger partial charge in [0.2, 0.25) is 10.0 Å². The van der Waals surface area contributed by atoms with Crippen molar-refractivity contribution >= 4 is 27.2 Å². The molecule has 0 amide bonds. The number of hydrogen-bond donors (Lipinski definition) is 1. The van der Waals surface area contributed by atoms with Crippen LogP contribution in [0.3, 0.4) is 0 Å². The SMILES string of the molecule is Nc1ccnc(N2CCC3(CC2)CN(S(=O)(=O)CC(F)(F)F)c2ccccc23)c1. The molecule has 0 aliphatic carbocycles. The van der Waals surface area contributed by atoms with Crippen molar-refractivity contribution in [2.45, 2.75) is 24.4 Å². The van der Waals surface area contributed by atoms with Crippen molar-refractivity contribution in [3.63, 3.8) is 0 Å².